The Morgan fingerprint density at radius 2 is 2.24 bits per heavy atom. The Morgan fingerprint density at radius 3 is 3.00 bits per heavy atom. The zero-order valence-electron chi connectivity index (χ0n) is 12.5. The Balaban J connectivity index is 2.11. The molecule has 1 aromatic rings. The molecule has 0 saturated heterocycles. The number of ether oxygens (including phenoxy) is 1. The number of alkyl halides is 1. The van der Waals surface area contributed by atoms with E-state index in [4.69, 9.17) is 16.3 Å². The highest BCUT2D eigenvalue weighted by molar-refractivity contribution is 6.18. The summed E-state index contributed by atoms with van der Waals surface area (Å²) < 4.78 is 19.5. The molecule has 0 radical (unpaired) electrons. The van der Waals surface area contributed by atoms with E-state index in [1.54, 1.807) is 6.07 Å². The van der Waals surface area contributed by atoms with Gasteiger partial charge in [0.2, 0.25) is 0 Å². The van der Waals surface area contributed by atoms with E-state index in [-0.39, 0.29) is 11.9 Å². The number of benzene rings is 1. The van der Waals surface area contributed by atoms with Crippen molar-refractivity contribution in [3.8, 4) is 17.6 Å². The van der Waals surface area contributed by atoms with Gasteiger partial charge in [-0.3, -0.25) is 0 Å². The largest absolute Gasteiger partial charge is 0.489 e. The van der Waals surface area contributed by atoms with Crippen LogP contribution in [-0.4, -0.2) is 12.0 Å². The second-order valence-electron chi connectivity index (χ2n) is 5.56. The molecular formula is C18H22ClFO. The van der Waals surface area contributed by atoms with Gasteiger partial charge in [0.1, 0.15) is 11.6 Å². The second kappa shape index (κ2) is 8.29. The van der Waals surface area contributed by atoms with Gasteiger partial charge in [-0.1, -0.05) is 31.6 Å². The van der Waals surface area contributed by atoms with E-state index in [9.17, 15) is 4.39 Å². The Bertz CT molecular complexity index is 518. The molecule has 0 aromatic heterocycles. The fourth-order valence-corrected chi connectivity index (χ4v) is 2.90. The van der Waals surface area contributed by atoms with Crippen molar-refractivity contribution in [3.05, 3.63) is 29.6 Å². The summed E-state index contributed by atoms with van der Waals surface area (Å²) in [5.41, 5.74) is 0.750. The van der Waals surface area contributed by atoms with E-state index in [1.807, 2.05) is 0 Å². The first kappa shape index (κ1) is 16.2. The highest BCUT2D eigenvalue weighted by Crippen LogP contribution is 2.31. The van der Waals surface area contributed by atoms with Crippen molar-refractivity contribution in [2.75, 3.05) is 5.88 Å². The first-order valence-electron chi connectivity index (χ1n) is 7.74. The summed E-state index contributed by atoms with van der Waals surface area (Å²) in [5.74, 6) is 7.53. The molecule has 0 spiro atoms. The minimum atomic E-state index is -0.282. The summed E-state index contributed by atoms with van der Waals surface area (Å²) in [4.78, 5) is 0. The van der Waals surface area contributed by atoms with Gasteiger partial charge >= 0.3 is 0 Å². The van der Waals surface area contributed by atoms with E-state index >= 15 is 0 Å². The van der Waals surface area contributed by atoms with Crippen LogP contribution in [0, 0.1) is 23.6 Å². The van der Waals surface area contributed by atoms with Crippen LogP contribution in [0.3, 0.4) is 0 Å². The van der Waals surface area contributed by atoms with Crippen molar-refractivity contribution in [2.24, 2.45) is 5.92 Å². The quantitative estimate of drug-likeness (QED) is 0.552. The third-order valence-electron chi connectivity index (χ3n) is 3.99. The minimum absolute atomic E-state index is 0.180. The normalized spacial score (nSPS) is 21.5. The summed E-state index contributed by atoms with van der Waals surface area (Å²) in [6.45, 7) is 2.22. The SMILES string of the molecule is CCC1CCCC(Oc2cc(F)ccc2C#CCCCl)C1. The third kappa shape index (κ3) is 4.93. The fraction of sp³-hybridized carbons (Fsp3) is 0.556. The van der Waals surface area contributed by atoms with Crippen LogP contribution in [0.5, 0.6) is 5.75 Å². The van der Waals surface area contributed by atoms with Crippen molar-refractivity contribution in [1.82, 2.24) is 0 Å². The first-order valence-corrected chi connectivity index (χ1v) is 8.27. The minimum Gasteiger partial charge on any atom is -0.489 e. The van der Waals surface area contributed by atoms with Gasteiger partial charge in [0.05, 0.1) is 11.7 Å². The number of hydrogen-bond acceptors (Lipinski definition) is 1. The number of rotatable bonds is 4. The standard InChI is InChI=1S/C18H22ClFO/c1-2-14-6-5-8-17(12-14)21-18-13-16(20)10-9-15(18)7-3-4-11-19/h9-10,13-14,17H,2,4-6,8,11-12H2,1H3. The Labute approximate surface area is 131 Å². The van der Waals surface area contributed by atoms with E-state index < -0.39 is 0 Å². The predicted molar refractivity (Wildman–Crippen MR) is 85.3 cm³/mol. The molecule has 1 aliphatic carbocycles. The highest BCUT2D eigenvalue weighted by Gasteiger charge is 2.22. The molecule has 1 saturated carbocycles. The molecular weight excluding hydrogens is 287 g/mol. The average molecular weight is 309 g/mol. The van der Waals surface area contributed by atoms with E-state index in [0.29, 0.717) is 18.1 Å². The molecule has 1 aliphatic rings. The van der Waals surface area contributed by atoms with Crippen molar-refractivity contribution in [2.45, 2.75) is 51.6 Å². The van der Waals surface area contributed by atoms with Crippen LogP contribution in [0.2, 0.25) is 0 Å². The zero-order valence-corrected chi connectivity index (χ0v) is 13.3. The van der Waals surface area contributed by atoms with Crippen molar-refractivity contribution < 1.29 is 9.13 Å². The second-order valence-corrected chi connectivity index (χ2v) is 5.94. The van der Waals surface area contributed by atoms with Crippen LogP contribution in [0.15, 0.2) is 18.2 Å². The highest BCUT2D eigenvalue weighted by atomic mass is 35.5. The topological polar surface area (TPSA) is 9.23 Å². The van der Waals surface area contributed by atoms with Gasteiger partial charge in [-0.05, 0) is 37.3 Å². The Hall–Kier alpha value is -1.20. The lowest BCUT2D eigenvalue weighted by molar-refractivity contribution is 0.121. The van der Waals surface area contributed by atoms with Crippen LogP contribution in [0.25, 0.3) is 0 Å². The molecule has 2 unspecified atom stereocenters. The van der Waals surface area contributed by atoms with Crippen LogP contribution in [-0.2, 0) is 0 Å². The van der Waals surface area contributed by atoms with Gasteiger partial charge in [0.25, 0.3) is 0 Å². The van der Waals surface area contributed by atoms with Gasteiger partial charge < -0.3 is 4.74 Å². The molecule has 0 N–H and O–H groups in total. The maximum absolute atomic E-state index is 13.5. The van der Waals surface area contributed by atoms with E-state index in [0.717, 1.165) is 24.3 Å². The lowest BCUT2D eigenvalue weighted by atomic mass is 9.85. The van der Waals surface area contributed by atoms with Crippen molar-refractivity contribution in [1.29, 1.82) is 0 Å². The molecule has 1 nitrogen and oxygen atoms in total. The average Bonchev–Trinajstić information content (AvgIpc) is 2.50. The summed E-state index contributed by atoms with van der Waals surface area (Å²) in [5, 5.41) is 0. The van der Waals surface area contributed by atoms with Crippen molar-refractivity contribution >= 4 is 11.6 Å². The maximum Gasteiger partial charge on any atom is 0.138 e. The van der Waals surface area contributed by atoms with Crippen LogP contribution in [0.4, 0.5) is 4.39 Å². The van der Waals surface area contributed by atoms with Crippen LogP contribution in [0.1, 0.15) is 51.0 Å². The molecule has 0 aliphatic heterocycles. The monoisotopic (exact) mass is 308 g/mol. The Kier molecular flexibility index (Phi) is 6.39. The lowest BCUT2D eigenvalue weighted by Crippen LogP contribution is -2.25. The maximum atomic E-state index is 13.5. The van der Waals surface area contributed by atoms with E-state index in [2.05, 4.69) is 18.8 Å². The smallest absolute Gasteiger partial charge is 0.138 e. The van der Waals surface area contributed by atoms with Gasteiger partial charge in [0, 0.05) is 18.4 Å². The summed E-state index contributed by atoms with van der Waals surface area (Å²) in [7, 11) is 0. The van der Waals surface area contributed by atoms with Gasteiger partial charge in [-0.15, -0.1) is 11.6 Å². The zero-order chi connectivity index (χ0) is 15.1. The van der Waals surface area contributed by atoms with Crippen LogP contribution < -0.4 is 4.74 Å². The molecule has 2 rings (SSSR count). The molecule has 0 amide bonds. The lowest BCUT2D eigenvalue weighted by Gasteiger charge is -2.29. The molecule has 0 bridgehead atoms. The molecule has 1 fully saturated rings. The fourth-order valence-electron chi connectivity index (χ4n) is 2.80. The molecule has 114 valence electrons. The summed E-state index contributed by atoms with van der Waals surface area (Å²) >= 11 is 5.63. The van der Waals surface area contributed by atoms with Gasteiger partial charge in [-0.25, -0.2) is 4.39 Å². The van der Waals surface area contributed by atoms with Crippen molar-refractivity contribution in [3.63, 3.8) is 0 Å². The molecule has 0 heterocycles. The van der Waals surface area contributed by atoms with Gasteiger partial charge in [-0.2, -0.15) is 0 Å². The summed E-state index contributed by atoms with van der Waals surface area (Å²) in [6.07, 6.45) is 6.56. The van der Waals surface area contributed by atoms with Gasteiger partial charge in [0.15, 0.2) is 0 Å². The van der Waals surface area contributed by atoms with Crippen LogP contribution >= 0.6 is 11.6 Å². The molecule has 3 heteroatoms. The Morgan fingerprint density at radius 1 is 1.38 bits per heavy atom. The first-order chi connectivity index (χ1) is 10.2. The predicted octanol–water partition coefficient (Wildman–Crippen LogP) is 5.15. The van der Waals surface area contributed by atoms with E-state index in [1.165, 1.54) is 31.4 Å². The third-order valence-corrected chi connectivity index (χ3v) is 4.18. The number of halogens is 2. The molecule has 21 heavy (non-hydrogen) atoms. The molecule has 1 aromatic carbocycles. The summed E-state index contributed by atoms with van der Waals surface area (Å²) in [6, 6.07) is 4.56. The molecule has 2 atom stereocenters. The number of hydrogen-bond donors (Lipinski definition) is 0.